The van der Waals surface area contributed by atoms with Gasteiger partial charge in [-0.05, 0) is 42.1 Å². The van der Waals surface area contributed by atoms with Crippen LogP contribution in [0, 0.1) is 0 Å². The third-order valence-electron chi connectivity index (χ3n) is 4.65. The molecule has 4 rings (SSSR count). The summed E-state index contributed by atoms with van der Waals surface area (Å²) in [4.78, 5) is 23.1. The van der Waals surface area contributed by atoms with E-state index in [-0.39, 0.29) is 18.0 Å². The Hall–Kier alpha value is -2.70. The van der Waals surface area contributed by atoms with E-state index in [2.05, 4.69) is 9.97 Å². The first-order valence-electron chi connectivity index (χ1n) is 9.23. The zero-order chi connectivity index (χ0) is 19.3. The van der Waals surface area contributed by atoms with Crippen molar-refractivity contribution in [1.29, 1.82) is 0 Å². The molecule has 1 unspecified atom stereocenters. The lowest BCUT2D eigenvalue weighted by atomic mass is 10.2. The van der Waals surface area contributed by atoms with Gasteiger partial charge in [-0.3, -0.25) is 4.90 Å². The fourth-order valence-electron chi connectivity index (χ4n) is 3.27. The molecular formula is C21H20ClN3O3. The molecule has 0 saturated carbocycles. The van der Waals surface area contributed by atoms with Crippen molar-refractivity contribution in [2.75, 3.05) is 18.1 Å². The van der Waals surface area contributed by atoms with Crippen LogP contribution in [0.5, 0.6) is 0 Å². The van der Waals surface area contributed by atoms with E-state index in [9.17, 15) is 4.79 Å². The second-order valence-electron chi connectivity index (χ2n) is 6.62. The highest BCUT2D eigenvalue weighted by molar-refractivity contribution is 6.29. The van der Waals surface area contributed by atoms with E-state index in [1.165, 1.54) is 4.90 Å². The number of para-hydroxylation sites is 1. The Kier molecular flexibility index (Phi) is 5.69. The molecule has 0 spiro atoms. The number of nitrogens with zero attached hydrogens (tertiary/aromatic N) is 3. The first kappa shape index (κ1) is 18.7. The summed E-state index contributed by atoms with van der Waals surface area (Å²) < 4.78 is 11.3. The molecule has 1 atom stereocenters. The standard InChI is InChI=1S/C21H20ClN3O3/c22-20-23-18-11-5-4-10-17(18)19(24-20)25(13-16-9-6-12-27-16)21(26)28-14-15-7-2-1-3-8-15/h1-5,7-8,10-11,16H,6,9,12-14H2. The van der Waals surface area contributed by atoms with Crippen molar-refractivity contribution in [3.63, 3.8) is 0 Å². The summed E-state index contributed by atoms with van der Waals surface area (Å²) in [5.74, 6) is 0.434. The molecule has 1 fully saturated rings. The Morgan fingerprint density at radius 3 is 2.71 bits per heavy atom. The number of anilines is 1. The van der Waals surface area contributed by atoms with Crippen molar-refractivity contribution in [3.05, 3.63) is 65.4 Å². The molecule has 28 heavy (non-hydrogen) atoms. The van der Waals surface area contributed by atoms with Crippen LogP contribution in [0.3, 0.4) is 0 Å². The Balaban J connectivity index is 1.64. The van der Waals surface area contributed by atoms with Gasteiger partial charge in [0.25, 0.3) is 0 Å². The molecule has 6 nitrogen and oxygen atoms in total. The van der Waals surface area contributed by atoms with Gasteiger partial charge in [-0.15, -0.1) is 0 Å². The average Bonchev–Trinajstić information content (AvgIpc) is 3.24. The SMILES string of the molecule is O=C(OCc1ccccc1)N(CC1CCCO1)c1nc(Cl)nc2ccccc12. The minimum atomic E-state index is -0.487. The predicted octanol–water partition coefficient (Wildman–Crippen LogP) is 4.61. The van der Waals surface area contributed by atoms with E-state index in [0.717, 1.165) is 23.8 Å². The summed E-state index contributed by atoms with van der Waals surface area (Å²) in [5, 5.41) is 0.823. The summed E-state index contributed by atoms with van der Waals surface area (Å²) in [6.45, 7) is 1.23. The van der Waals surface area contributed by atoms with Crippen LogP contribution in [0.15, 0.2) is 54.6 Å². The molecule has 0 aliphatic carbocycles. The minimum absolute atomic E-state index is 0.0585. The van der Waals surface area contributed by atoms with Gasteiger partial charge in [0.2, 0.25) is 5.28 Å². The zero-order valence-corrected chi connectivity index (χ0v) is 16.0. The lowest BCUT2D eigenvalue weighted by Crippen LogP contribution is -2.38. The summed E-state index contributed by atoms with van der Waals surface area (Å²) in [5.41, 5.74) is 1.59. The Morgan fingerprint density at radius 1 is 1.14 bits per heavy atom. The highest BCUT2D eigenvalue weighted by Gasteiger charge is 2.27. The molecule has 2 aromatic carbocycles. The van der Waals surface area contributed by atoms with Gasteiger partial charge in [-0.25, -0.2) is 9.78 Å². The van der Waals surface area contributed by atoms with Gasteiger partial charge in [0.15, 0.2) is 5.82 Å². The molecule has 1 aliphatic heterocycles. The Morgan fingerprint density at radius 2 is 1.93 bits per heavy atom. The van der Waals surface area contributed by atoms with Crippen molar-refractivity contribution in [3.8, 4) is 0 Å². The van der Waals surface area contributed by atoms with E-state index in [1.54, 1.807) is 0 Å². The van der Waals surface area contributed by atoms with Crippen LogP contribution in [0.25, 0.3) is 10.9 Å². The third-order valence-corrected chi connectivity index (χ3v) is 4.82. The molecule has 0 bridgehead atoms. The quantitative estimate of drug-likeness (QED) is 0.588. The van der Waals surface area contributed by atoms with Crippen molar-refractivity contribution in [2.24, 2.45) is 0 Å². The number of hydrogen-bond donors (Lipinski definition) is 0. The number of aromatic nitrogens is 2. The molecule has 0 radical (unpaired) electrons. The third kappa shape index (κ3) is 4.24. The van der Waals surface area contributed by atoms with E-state index in [4.69, 9.17) is 21.1 Å². The van der Waals surface area contributed by atoms with Gasteiger partial charge < -0.3 is 9.47 Å². The molecule has 2 heterocycles. The number of carbonyl (C=O) groups is 1. The Bertz CT molecular complexity index is 962. The van der Waals surface area contributed by atoms with Gasteiger partial charge in [0.05, 0.1) is 18.2 Å². The summed E-state index contributed by atoms with van der Waals surface area (Å²) >= 11 is 6.13. The van der Waals surface area contributed by atoms with E-state index in [1.807, 2.05) is 54.6 Å². The number of benzene rings is 2. The molecule has 1 aliphatic rings. The second kappa shape index (κ2) is 8.54. The summed E-state index contributed by atoms with van der Waals surface area (Å²) in [6.07, 6.45) is 1.32. The topological polar surface area (TPSA) is 64.5 Å². The van der Waals surface area contributed by atoms with Crippen molar-refractivity contribution in [2.45, 2.75) is 25.6 Å². The van der Waals surface area contributed by atoms with Crippen LogP contribution in [0.2, 0.25) is 5.28 Å². The van der Waals surface area contributed by atoms with Crippen LogP contribution in [0.1, 0.15) is 18.4 Å². The summed E-state index contributed by atoms with van der Waals surface area (Å²) in [7, 11) is 0. The maximum absolute atomic E-state index is 13.0. The first-order valence-corrected chi connectivity index (χ1v) is 9.60. The van der Waals surface area contributed by atoms with E-state index < -0.39 is 6.09 Å². The largest absolute Gasteiger partial charge is 0.444 e. The lowest BCUT2D eigenvalue weighted by Gasteiger charge is -2.25. The fraction of sp³-hybridized carbons (Fsp3) is 0.286. The first-order chi connectivity index (χ1) is 13.7. The number of halogens is 1. The maximum atomic E-state index is 13.0. The lowest BCUT2D eigenvalue weighted by molar-refractivity contribution is 0.108. The average molecular weight is 398 g/mol. The fourth-order valence-corrected chi connectivity index (χ4v) is 3.45. The normalized spacial score (nSPS) is 16.2. The molecule has 3 aromatic rings. The maximum Gasteiger partial charge on any atom is 0.415 e. The molecule has 144 valence electrons. The Labute approximate surface area is 168 Å². The van der Waals surface area contributed by atoms with Crippen LogP contribution >= 0.6 is 11.6 Å². The number of hydrogen-bond acceptors (Lipinski definition) is 5. The highest BCUT2D eigenvalue weighted by atomic mass is 35.5. The molecule has 1 aromatic heterocycles. The van der Waals surface area contributed by atoms with Gasteiger partial charge in [0.1, 0.15) is 6.61 Å². The van der Waals surface area contributed by atoms with Crippen LogP contribution in [-0.2, 0) is 16.1 Å². The molecule has 1 saturated heterocycles. The molecule has 7 heteroatoms. The van der Waals surface area contributed by atoms with E-state index in [0.29, 0.717) is 24.5 Å². The van der Waals surface area contributed by atoms with Crippen LogP contribution < -0.4 is 4.90 Å². The molecule has 1 amide bonds. The predicted molar refractivity (Wildman–Crippen MR) is 107 cm³/mol. The highest BCUT2D eigenvalue weighted by Crippen LogP contribution is 2.27. The van der Waals surface area contributed by atoms with Gasteiger partial charge >= 0.3 is 6.09 Å². The minimum Gasteiger partial charge on any atom is -0.444 e. The van der Waals surface area contributed by atoms with Gasteiger partial charge in [0, 0.05) is 12.0 Å². The number of ether oxygens (including phenoxy) is 2. The monoisotopic (exact) mass is 397 g/mol. The van der Waals surface area contributed by atoms with Gasteiger partial charge in [-0.1, -0.05) is 42.5 Å². The number of fused-ring (bicyclic) bond motifs is 1. The van der Waals surface area contributed by atoms with E-state index >= 15 is 0 Å². The van der Waals surface area contributed by atoms with Crippen molar-refractivity contribution in [1.82, 2.24) is 9.97 Å². The van der Waals surface area contributed by atoms with Gasteiger partial charge in [-0.2, -0.15) is 4.98 Å². The van der Waals surface area contributed by atoms with Crippen molar-refractivity contribution >= 4 is 34.4 Å². The number of rotatable bonds is 5. The second-order valence-corrected chi connectivity index (χ2v) is 6.96. The smallest absolute Gasteiger partial charge is 0.415 e. The number of amides is 1. The van der Waals surface area contributed by atoms with Crippen LogP contribution in [-0.4, -0.2) is 35.3 Å². The van der Waals surface area contributed by atoms with Crippen molar-refractivity contribution < 1.29 is 14.3 Å². The summed E-state index contributed by atoms with van der Waals surface area (Å²) in [6, 6.07) is 17.0. The molecule has 0 N–H and O–H groups in total. The van der Waals surface area contributed by atoms with Crippen LogP contribution in [0.4, 0.5) is 10.6 Å². The number of carbonyl (C=O) groups excluding carboxylic acids is 1. The molecular weight excluding hydrogens is 378 g/mol. The zero-order valence-electron chi connectivity index (χ0n) is 15.3.